The van der Waals surface area contributed by atoms with Crippen molar-refractivity contribution in [3.05, 3.63) is 70.5 Å². The van der Waals surface area contributed by atoms with Crippen molar-refractivity contribution >= 4 is 0 Å². The van der Waals surface area contributed by atoms with Crippen LogP contribution in [-0.4, -0.2) is 9.97 Å². The fourth-order valence-corrected chi connectivity index (χ4v) is 6.64. The van der Waals surface area contributed by atoms with Crippen molar-refractivity contribution in [2.45, 2.75) is 80.1 Å². The predicted molar refractivity (Wildman–Crippen MR) is 136 cm³/mol. The van der Waals surface area contributed by atoms with Gasteiger partial charge in [0.1, 0.15) is 6.33 Å². The van der Waals surface area contributed by atoms with E-state index in [4.69, 9.17) is 9.97 Å². The lowest BCUT2D eigenvalue weighted by molar-refractivity contribution is 0.342. The minimum absolute atomic E-state index is 0.208. The molecule has 1 aliphatic carbocycles. The molecule has 0 bridgehead atoms. The van der Waals surface area contributed by atoms with Crippen molar-refractivity contribution in [3.63, 3.8) is 0 Å². The largest absolute Gasteiger partial charge is 0.236 e. The Balaban J connectivity index is 1.94. The summed E-state index contributed by atoms with van der Waals surface area (Å²) in [7, 11) is 0. The van der Waals surface area contributed by atoms with Crippen LogP contribution in [0.15, 0.2) is 42.7 Å². The van der Waals surface area contributed by atoms with Crippen LogP contribution in [0.1, 0.15) is 74.8 Å². The molecule has 1 saturated carbocycles. The van der Waals surface area contributed by atoms with Gasteiger partial charge in [-0.3, -0.25) is 0 Å². The minimum atomic E-state index is 0.208. The maximum atomic E-state index is 4.82. The highest BCUT2D eigenvalue weighted by Crippen LogP contribution is 2.72. The summed E-state index contributed by atoms with van der Waals surface area (Å²) >= 11 is 0. The Labute approximate surface area is 194 Å². The minimum Gasteiger partial charge on any atom is -0.236 e. The summed E-state index contributed by atoms with van der Waals surface area (Å²) in [5, 5.41) is 0. The molecule has 2 aromatic carbocycles. The standard InChI is InChI=1S/C30H38N2/c1-9-13-29(8)17-30(29,19(2)3)28-23(7)14-20(4)15-24(28)25-16-26(32-18-31-25)27-21(5)11-10-12-22(27)6/h10-12,14-16,18-19H,9,13,17H2,1-8H3/t29-,30?/m1/s1. The van der Waals surface area contributed by atoms with Crippen molar-refractivity contribution in [2.75, 3.05) is 0 Å². The van der Waals surface area contributed by atoms with Gasteiger partial charge in [-0.15, -0.1) is 0 Å². The second kappa shape index (κ2) is 8.14. The van der Waals surface area contributed by atoms with Crippen LogP contribution in [0.2, 0.25) is 0 Å². The van der Waals surface area contributed by atoms with Gasteiger partial charge in [-0.25, -0.2) is 9.97 Å². The molecule has 2 nitrogen and oxygen atoms in total. The summed E-state index contributed by atoms with van der Waals surface area (Å²) in [6, 6.07) is 13.4. The monoisotopic (exact) mass is 426 g/mol. The van der Waals surface area contributed by atoms with Crippen LogP contribution in [0.3, 0.4) is 0 Å². The Morgan fingerprint density at radius 2 is 1.56 bits per heavy atom. The molecule has 2 atom stereocenters. The Hall–Kier alpha value is -2.48. The zero-order chi connectivity index (χ0) is 23.3. The topological polar surface area (TPSA) is 25.8 Å². The first-order valence-corrected chi connectivity index (χ1v) is 12.2. The van der Waals surface area contributed by atoms with Gasteiger partial charge in [0.25, 0.3) is 0 Å². The number of hydrogen-bond acceptors (Lipinski definition) is 2. The van der Waals surface area contributed by atoms with Crippen molar-refractivity contribution in [1.29, 1.82) is 0 Å². The van der Waals surface area contributed by atoms with Crippen LogP contribution in [-0.2, 0) is 5.41 Å². The highest BCUT2D eigenvalue weighted by molar-refractivity contribution is 5.75. The van der Waals surface area contributed by atoms with Gasteiger partial charge < -0.3 is 0 Å². The third kappa shape index (κ3) is 3.49. The van der Waals surface area contributed by atoms with Gasteiger partial charge in [0, 0.05) is 16.5 Å². The van der Waals surface area contributed by atoms with Gasteiger partial charge in [-0.1, -0.05) is 63.9 Å². The quantitative estimate of drug-likeness (QED) is 0.397. The Morgan fingerprint density at radius 1 is 0.906 bits per heavy atom. The molecule has 1 fully saturated rings. The van der Waals surface area contributed by atoms with E-state index in [1.807, 2.05) is 0 Å². The zero-order valence-corrected chi connectivity index (χ0v) is 21.1. The molecule has 1 aliphatic rings. The SMILES string of the molecule is CCC[C@]1(C)CC1(c1c(C)cc(C)cc1-c1cc(-c2c(C)cccc2C)ncn1)C(C)C. The third-order valence-electron chi connectivity index (χ3n) is 8.01. The number of rotatable bonds is 6. The summed E-state index contributed by atoms with van der Waals surface area (Å²) in [5.41, 5.74) is 11.9. The Bertz CT molecular complexity index is 1140. The summed E-state index contributed by atoms with van der Waals surface area (Å²) in [5.74, 6) is 0.583. The summed E-state index contributed by atoms with van der Waals surface area (Å²) < 4.78 is 0. The fourth-order valence-electron chi connectivity index (χ4n) is 6.64. The van der Waals surface area contributed by atoms with Crippen molar-refractivity contribution in [3.8, 4) is 22.5 Å². The predicted octanol–water partition coefficient (Wildman–Crippen LogP) is 8.15. The van der Waals surface area contributed by atoms with E-state index in [2.05, 4.69) is 91.8 Å². The molecule has 0 N–H and O–H groups in total. The lowest BCUT2D eigenvalue weighted by Crippen LogP contribution is -2.25. The number of nitrogens with zero attached hydrogens (tertiary/aromatic N) is 2. The Morgan fingerprint density at radius 3 is 2.19 bits per heavy atom. The third-order valence-corrected chi connectivity index (χ3v) is 8.01. The summed E-state index contributed by atoms with van der Waals surface area (Å²) in [6.45, 7) is 18.5. The van der Waals surface area contributed by atoms with Crippen molar-refractivity contribution in [2.24, 2.45) is 11.3 Å². The maximum absolute atomic E-state index is 4.82. The van der Waals surface area contributed by atoms with Crippen LogP contribution >= 0.6 is 0 Å². The van der Waals surface area contributed by atoms with Crippen LogP contribution in [0.5, 0.6) is 0 Å². The molecular formula is C30H38N2. The van der Waals surface area contributed by atoms with E-state index in [0.29, 0.717) is 11.3 Å². The van der Waals surface area contributed by atoms with E-state index in [1.54, 1.807) is 6.33 Å². The number of benzene rings is 2. The first-order valence-electron chi connectivity index (χ1n) is 12.2. The highest BCUT2D eigenvalue weighted by Gasteiger charge is 2.66. The van der Waals surface area contributed by atoms with Gasteiger partial charge in [-0.2, -0.15) is 0 Å². The first-order chi connectivity index (χ1) is 15.1. The van der Waals surface area contributed by atoms with E-state index in [-0.39, 0.29) is 5.41 Å². The molecular weight excluding hydrogens is 388 g/mol. The van der Waals surface area contributed by atoms with E-state index < -0.39 is 0 Å². The van der Waals surface area contributed by atoms with E-state index in [9.17, 15) is 0 Å². The van der Waals surface area contributed by atoms with E-state index in [0.717, 1.165) is 11.4 Å². The highest BCUT2D eigenvalue weighted by atomic mass is 14.8. The molecule has 1 aromatic heterocycles. The maximum Gasteiger partial charge on any atom is 0.116 e. The first kappa shape index (κ1) is 22.7. The fraction of sp³-hybridized carbons (Fsp3) is 0.467. The smallest absolute Gasteiger partial charge is 0.116 e. The molecule has 0 radical (unpaired) electrons. The summed E-state index contributed by atoms with van der Waals surface area (Å²) in [4.78, 5) is 9.51. The van der Waals surface area contributed by atoms with Crippen molar-refractivity contribution < 1.29 is 0 Å². The molecule has 2 heteroatoms. The second-order valence-electron chi connectivity index (χ2n) is 10.7. The normalized spacial score (nSPS) is 22.4. The van der Waals surface area contributed by atoms with Gasteiger partial charge in [0.2, 0.25) is 0 Å². The van der Waals surface area contributed by atoms with Gasteiger partial charge in [-0.05, 0) is 86.3 Å². The van der Waals surface area contributed by atoms with Crippen molar-refractivity contribution in [1.82, 2.24) is 9.97 Å². The molecule has 168 valence electrons. The van der Waals surface area contributed by atoms with Crippen LogP contribution < -0.4 is 0 Å². The molecule has 3 aromatic rings. The van der Waals surface area contributed by atoms with Crippen LogP contribution in [0.4, 0.5) is 0 Å². The van der Waals surface area contributed by atoms with Gasteiger partial charge in [0.15, 0.2) is 0 Å². The molecule has 0 spiro atoms. The van der Waals surface area contributed by atoms with Crippen LogP contribution in [0.25, 0.3) is 22.5 Å². The number of aromatic nitrogens is 2. The second-order valence-corrected chi connectivity index (χ2v) is 10.7. The molecule has 0 aliphatic heterocycles. The zero-order valence-electron chi connectivity index (χ0n) is 21.1. The lowest BCUT2D eigenvalue weighted by atomic mass is 9.72. The van der Waals surface area contributed by atoms with Crippen LogP contribution in [0, 0.1) is 39.0 Å². The summed E-state index contributed by atoms with van der Waals surface area (Å²) in [6.07, 6.45) is 5.51. The van der Waals surface area contributed by atoms with E-state index >= 15 is 0 Å². The average Bonchev–Trinajstić information content (AvgIpc) is 3.33. The van der Waals surface area contributed by atoms with Gasteiger partial charge in [0.05, 0.1) is 11.4 Å². The number of hydrogen-bond donors (Lipinski definition) is 0. The van der Waals surface area contributed by atoms with E-state index in [1.165, 1.54) is 58.2 Å². The Kier molecular flexibility index (Phi) is 5.77. The molecule has 1 unspecified atom stereocenters. The number of aryl methyl sites for hydroxylation is 4. The molecule has 4 rings (SSSR count). The lowest BCUT2D eigenvalue weighted by Gasteiger charge is -2.31. The molecule has 1 heterocycles. The average molecular weight is 427 g/mol. The van der Waals surface area contributed by atoms with Gasteiger partial charge >= 0.3 is 0 Å². The molecule has 0 amide bonds. The molecule has 32 heavy (non-hydrogen) atoms. The molecule has 0 saturated heterocycles.